The zero-order chi connectivity index (χ0) is 16.3. The lowest BCUT2D eigenvalue weighted by molar-refractivity contribution is -0.120. The molecule has 1 atom stereocenters. The zero-order valence-electron chi connectivity index (χ0n) is 11.8. The summed E-state index contributed by atoms with van der Waals surface area (Å²) in [4.78, 5) is 23.0. The predicted molar refractivity (Wildman–Crippen MR) is 76.0 cm³/mol. The van der Waals surface area contributed by atoms with Crippen molar-refractivity contribution in [3.63, 3.8) is 0 Å². The molecule has 0 spiro atoms. The molecule has 0 aliphatic carbocycles. The van der Waals surface area contributed by atoms with Crippen LogP contribution in [0, 0.1) is 11.3 Å². The van der Waals surface area contributed by atoms with Crippen molar-refractivity contribution in [1.29, 1.82) is 5.26 Å². The molecule has 0 aromatic heterocycles. The van der Waals surface area contributed by atoms with Gasteiger partial charge in [0.1, 0.15) is 0 Å². The van der Waals surface area contributed by atoms with Gasteiger partial charge in [0.05, 0.1) is 19.1 Å². The molecule has 9 heteroatoms. The van der Waals surface area contributed by atoms with Gasteiger partial charge in [-0.15, -0.1) is 6.58 Å². The fourth-order valence-electron chi connectivity index (χ4n) is 1.26. The number of hydrogen-bond acceptors (Lipinski definition) is 6. The van der Waals surface area contributed by atoms with E-state index in [0.29, 0.717) is 6.42 Å². The zero-order valence-corrected chi connectivity index (χ0v) is 12.6. The van der Waals surface area contributed by atoms with E-state index >= 15 is 0 Å². The molecule has 0 radical (unpaired) electrons. The Balaban J connectivity index is 4.45. The summed E-state index contributed by atoms with van der Waals surface area (Å²) in [6.45, 7) is 3.22. The Kier molecular flexibility index (Phi) is 8.80. The van der Waals surface area contributed by atoms with Gasteiger partial charge in [0.15, 0.2) is 15.1 Å². The molecule has 0 aromatic rings. The van der Waals surface area contributed by atoms with Gasteiger partial charge in [-0.05, 0) is 6.42 Å². The quantitative estimate of drug-likeness (QED) is 0.445. The standard InChI is InChI=1S/C12H19N3O5S/c1-3-4-8-20-12(17)15-9-10(21(2,18)19)11(16)14-7-5-6-13/h3,10H,1,4-5,7-9H2,2H3,(H,14,16)(H,15,17). The Morgan fingerprint density at radius 3 is 2.62 bits per heavy atom. The number of ether oxygens (including phenoxy) is 1. The average Bonchev–Trinajstić information content (AvgIpc) is 2.38. The van der Waals surface area contributed by atoms with Gasteiger partial charge in [0.25, 0.3) is 0 Å². The van der Waals surface area contributed by atoms with Crippen molar-refractivity contribution in [2.24, 2.45) is 0 Å². The molecule has 2 N–H and O–H groups in total. The summed E-state index contributed by atoms with van der Waals surface area (Å²) in [5.41, 5.74) is 0. The topological polar surface area (TPSA) is 125 Å². The molecular weight excluding hydrogens is 298 g/mol. The SMILES string of the molecule is C=CCCOC(=O)NCC(C(=O)NCCC#N)S(C)(=O)=O. The van der Waals surface area contributed by atoms with Crippen molar-refractivity contribution in [3.05, 3.63) is 12.7 Å². The van der Waals surface area contributed by atoms with Crippen LogP contribution in [0.2, 0.25) is 0 Å². The summed E-state index contributed by atoms with van der Waals surface area (Å²) >= 11 is 0. The number of hydrogen-bond donors (Lipinski definition) is 2. The molecule has 0 saturated carbocycles. The number of carbonyl (C=O) groups excluding carboxylic acids is 2. The molecule has 118 valence electrons. The number of carbonyl (C=O) groups is 2. The lowest BCUT2D eigenvalue weighted by Gasteiger charge is -2.15. The third-order valence-electron chi connectivity index (χ3n) is 2.33. The molecule has 0 saturated heterocycles. The highest BCUT2D eigenvalue weighted by Crippen LogP contribution is 1.99. The molecule has 8 nitrogen and oxygen atoms in total. The Morgan fingerprint density at radius 2 is 2.10 bits per heavy atom. The van der Waals surface area contributed by atoms with E-state index in [1.807, 2.05) is 6.07 Å². The van der Waals surface area contributed by atoms with Crippen LogP contribution in [0.5, 0.6) is 0 Å². The van der Waals surface area contributed by atoms with Gasteiger partial charge in [-0.1, -0.05) is 6.08 Å². The van der Waals surface area contributed by atoms with Crippen LogP contribution in [0.15, 0.2) is 12.7 Å². The van der Waals surface area contributed by atoms with Gasteiger partial charge in [-0.25, -0.2) is 13.2 Å². The molecule has 0 aromatic carbocycles. The third kappa shape index (κ3) is 8.65. The van der Waals surface area contributed by atoms with Crippen LogP contribution in [-0.4, -0.2) is 51.6 Å². The van der Waals surface area contributed by atoms with E-state index < -0.39 is 33.6 Å². The molecule has 0 aliphatic rings. The van der Waals surface area contributed by atoms with E-state index in [1.165, 1.54) is 0 Å². The van der Waals surface area contributed by atoms with Crippen molar-refractivity contribution in [2.75, 3.05) is 26.0 Å². The lowest BCUT2D eigenvalue weighted by atomic mass is 10.3. The van der Waals surface area contributed by atoms with Gasteiger partial charge in [-0.3, -0.25) is 4.79 Å². The van der Waals surface area contributed by atoms with Gasteiger partial charge < -0.3 is 15.4 Å². The van der Waals surface area contributed by atoms with Crippen molar-refractivity contribution in [2.45, 2.75) is 18.1 Å². The van der Waals surface area contributed by atoms with Crippen LogP contribution in [0.3, 0.4) is 0 Å². The number of amides is 2. The van der Waals surface area contributed by atoms with E-state index in [9.17, 15) is 18.0 Å². The second-order valence-electron chi connectivity index (χ2n) is 4.11. The molecule has 2 amide bonds. The van der Waals surface area contributed by atoms with Crippen molar-refractivity contribution in [1.82, 2.24) is 10.6 Å². The molecule has 1 unspecified atom stereocenters. The highest BCUT2D eigenvalue weighted by Gasteiger charge is 2.29. The molecule has 21 heavy (non-hydrogen) atoms. The summed E-state index contributed by atoms with van der Waals surface area (Å²) in [5, 5.41) is 11.5. The average molecular weight is 317 g/mol. The van der Waals surface area contributed by atoms with Crippen LogP contribution in [0.25, 0.3) is 0 Å². The van der Waals surface area contributed by atoms with Gasteiger partial charge in [0, 0.05) is 19.3 Å². The van der Waals surface area contributed by atoms with Crippen molar-refractivity contribution in [3.8, 4) is 6.07 Å². The fraction of sp³-hybridized carbons (Fsp3) is 0.583. The summed E-state index contributed by atoms with van der Waals surface area (Å²) < 4.78 is 27.8. The van der Waals surface area contributed by atoms with E-state index in [4.69, 9.17) is 10.00 Å². The van der Waals surface area contributed by atoms with E-state index in [2.05, 4.69) is 17.2 Å². The van der Waals surface area contributed by atoms with Crippen LogP contribution in [0.1, 0.15) is 12.8 Å². The maximum absolute atomic E-state index is 11.7. The number of rotatable bonds is 9. The van der Waals surface area contributed by atoms with Gasteiger partial charge in [-0.2, -0.15) is 5.26 Å². The number of alkyl carbamates (subject to hydrolysis) is 1. The highest BCUT2D eigenvalue weighted by atomic mass is 32.2. The minimum Gasteiger partial charge on any atom is -0.449 e. The van der Waals surface area contributed by atoms with Gasteiger partial charge in [0.2, 0.25) is 5.91 Å². The smallest absolute Gasteiger partial charge is 0.407 e. The maximum atomic E-state index is 11.7. The first-order chi connectivity index (χ1) is 9.82. The first-order valence-corrected chi connectivity index (χ1v) is 8.13. The second-order valence-corrected chi connectivity index (χ2v) is 6.34. The number of nitriles is 1. The largest absolute Gasteiger partial charge is 0.449 e. The molecule has 0 fully saturated rings. The Labute approximate surface area is 124 Å². The van der Waals surface area contributed by atoms with Crippen LogP contribution < -0.4 is 10.6 Å². The maximum Gasteiger partial charge on any atom is 0.407 e. The second kappa shape index (κ2) is 9.77. The third-order valence-corrected chi connectivity index (χ3v) is 3.75. The van der Waals surface area contributed by atoms with Crippen LogP contribution >= 0.6 is 0 Å². The predicted octanol–water partition coefficient (Wildman–Crippen LogP) is -0.268. The van der Waals surface area contributed by atoms with Crippen molar-refractivity contribution < 1.29 is 22.7 Å². The number of nitrogens with zero attached hydrogens (tertiary/aromatic N) is 1. The summed E-state index contributed by atoms with van der Waals surface area (Å²) in [5.74, 6) is -0.765. The monoisotopic (exact) mass is 317 g/mol. The highest BCUT2D eigenvalue weighted by molar-refractivity contribution is 7.92. The summed E-state index contributed by atoms with van der Waals surface area (Å²) in [7, 11) is -3.70. The van der Waals surface area contributed by atoms with E-state index in [-0.39, 0.29) is 19.6 Å². The molecular formula is C12H19N3O5S. The minimum absolute atomic E-state index is 0.0468. The molecule has 0 rings (SSSR count). The Bertz CT molecular complexity index is 509. The Morgan fingerprint density at radius 1 is 1.43 bits per heavy atom. The number of sulfone groups is 1. The Hall–Kier alpha value is -2.08. The van der Waals surface area contributed by atoms with Crippen LogP contribution in [-0.2, 0) is 19.4 Å². The molecule has 0 heterocycles. The first-order valence-electron chi connectivity index (χ1n) is 6.18. The normalized spacial score (nSPS) is 11.8. The van der Waals surface area contributed by atoms with Crippen molar-refractivity contribution >= 4 is 21.8 Å². The lowest BCUT2D eigenvalue weighted by Crippen LogP contribution is -2.47. The van der Waals surface area contributed by atoms with Crippen LogP contribution in [0.4, 0.5) is 4.79 Å². The molecule has 0 bridgehead atoms. The first kappa shape index (κ1) is 18.9. The van der Waals surface area contributed by atoms with Gasteiger partial charge >= 0.3 is 6.09 Å². The minimum atomic E-state index is -3.70. The summed E-state index contributed by atoms with van der Waals surface area (Å²) in [6.07, 6.45) is 2.19. The number of nitrogens with one attached hydrogen (secondary N) is 2. The van der Waals surface area contributed by atoms with E-state index in [1.54, 1.807) is 6.08 Å². The van der Waals surface area contributed by atoms with E-state index in [0.717, 1.165) is 6.26 Å². The fourth-order valence-corrected chi connectivity index (χ4v) is 2.11. The molecule has 0 aliphatic heterocycles. The summed E-state index contributed by atoms with van der Waals surface area (Å²) in [6, 6.07) is 1.82.